The van der Waals surface area contributed by atoms with Gasteiger partial charge >= 0.3 is 0 Å². The Morgan fingerprint density at radius 3 is 2.50 bits per heavy atom. The van der Waals surface area contributed by atoms with Gasteiger partial charge < -0.3 is 5.32 Å². The maximum atomic E-state index is 13.2. The van der Waals surface area contributed by atoms with Gasteiger partial charge in [-0.2, -0.15) is 0 Å². The van der Waals surface area contributed by atoms with E-state index in [-0.39, 0.29) is 23.2 Å². The summed E-state index contributed by atoms with van der Waals surface area (Å²) in [5, 5.41) is 4.14. The van der Waals surface area contributed by atoms with E-state index in [1.165, 1.54) is 28.8 Å². The van der Waals surface area contributed by atoms with Crippen LogP contribution < -0.4 is 10.9 Å². The fourth-order valence-corrected chi connectivity index (χ4v) is 2.76. The van der Waals surface area contributed by atoms with Gasteiger partial charge in [0.2, 0.25) is 0 Å². The lowest BCUT2D eigenvalue weighted by molar-refractivity contribution is 0.0943. The van der Waals surface area contributed by atoms with Crippen LogP contribution in [0.2, 0.25) is 0 Å². The summed E-state index contributed by atoms with van der Waals surface area (Å²) in [4.78, 5) is 25.5. The fraction of sp³-hybridized carbons (Fsp3) is 0.158. The monoisotopic (exact) mass is 322 g/mol. The average Bonchev–Trinajstić information content (AvgIpc) is 3.40. The average molecular weight is 322 g/mol. The fourth-order valence-electron chi connectivity index (χ4n) is 2.76. The smallest absolute Gasteiger partial charge is 0.268 e. The molecule has 0 atom stereocenters. The summed E-state index contributed by atoms with van der Waals surface area (Å²) in [5.74, 6) is -0.679. The van der Waals surface area contributed by atoms with Gasteiger partial charge in [-0.05, 0) is 54.6 Å². The minimum atomic E-state index is -0.392. The summed E-state index contributed by atoms with van der Waals surface area (Å²) in [6.45, 7) is 0. The first-order valence-corrected chi connectivity index (χ1v) is 7.85. The Kier molecular flexibility index (Phi) is 3.41. The third-order valence-electron chi connectivity index (χ3n) is 4.16. The number of aromatic nitrogens is 1. The lowest BCUT2D eigenvalue weighted by atomic mass is 10.1. The maximum absolute atomic E-state index is 13.2. The van der Waals surface area contributed by atoms with Gasteiger partial charge in [-0.25, -0.2) is 4.39 Å². The third kappa shape index (κ3) is 2.58. The molecule has 1 aromatic heterocycles. The second-order valence-electron chi connectivity index (χ2n) is 5.98. The third-order valence-corrected chi connectivity index (χ3v) is 4.16. The summed E-state index contributed by atoms with van der Waals surface area (Å²) in [6.07, 6.45) is 1.92. The minimum Gasteiger partial charge on any atom is -0.348 e. The summed E-state index contributed by atoms with van der Waals surface area (Å²) in [7, 11) is 0. The van der Waals surface area contributed by atoms with Crippen molar-refractivity contribution >= 4 is 16.7 Å². The molecule has 1 amide bonds. The number of fused-ring (bicyclic) bond motifs is 1. The van der Waals surface area contributed by atoms with Gasteiger partial charge in [-0.1, -0.05) is 18.2 Å². The highest BCUT2D eigenvalue weighted by Gasteiger charge is 2.26. The Labute approximate surface area is 137 Å². The molecule has 0 unspecified atom stereocenters. The summed E-state index contributed by atoms with van der Waals surface area (Å²) in [5.41, 5.74) is 0.436. The van der Waals surface area contributed by atoms with Crippen LogP contribution in [0.3, 0.4) is 0 Å². The second-order valence-corrected chi connectivity index (χ2v) is 5.98. The number of benzene rings is 2. The number of carbonyl (C=O) groups is 1. The molecule has 1 N–H and O–H groups in total. The van der Waals surface area contributed by atoms with E-state index < -0.39 is 5.82 Å². The van der Waals surface area contributed by atoms with Crippen LogP contribution in [0.25, 0.3) is 16.5 Å². The summed E-state index contributed by atoms with van der Waals surface area (Å²) in [6, 6.07) is 14.6. The van der Waals surface area contributed by atoms with Crippen molar-refractivity contribution in [3.05, 3.63) is 76.5 Å². The Bertz CT molecular complexity index is 988. The minimum absolute atomic E-state index is 0.181. The number of nitrogens with one attached hydrogen (secondary N) is 1. The molecule has 4 rings (SSSR count). The van der Waals surface area contributed by atoms with Crippen LogP contribution in [0.4, 0.5) is 4.39 Å². The van der Waals surface area contributed by atoms with E-state index in [1.807, 2.05) is 6.07 Å². The molecule has 3 aromatic rings. The number of carbonyl (C=O) groups excluding carboxylic acids is 1. The van der Waals surface area contributed by atoms with Crippen molar-refractivity contribution < 1.29 is 9.18 Å². The molecule has 24 heavy (non-hydrogen) atoms. The molecule has 1 fully saturated rings. The maximum Gasteiger partial charge on any atom is 0.268 e. The second kappa shape index (κ2) is 5.60. The molecule has 1 heterocycles. The van der Waals surface area contributed by atoms with Gasteiger partial charge in [0.05, 0.1) is 0 Å². The molecule has 0 bridgehead atoms. The van der Waals surface area contributed by atoms with Crippen molar-refractivity contribution in [1.82, 2.24) is 9.88 Å². The number of rotatable bonds is 3. The van der Waals surface area contributed by atoms with Gasteiger partial charge in [0.25, 0.3) is 11.5 Å². The molecular formula is C19H15FN2O2. The molecule has 0 spiro atoms. The van der Waals surface area contributed by atoms with Gasteiger partial charge in [-0.3, -0.25) is 14.2 Å². The Morgan fingerprint density at radius 1 is 1.08 bits per heavy atom. The molecule has 0 aliphatic heterocycles. The standard InChI is InChI=1S/C19H15FN2O2/c20-13-5-9-15(10-6-13)22-17(18(23)21-14-7-8-14)11-12-3-1-2-4-16(12)19(22)24/h1-6,9-11,14H,7-8H2,(H,21,23). The van der Waals surface area contributed by atoms with Crippen LogP contribution in [-0.4, -0.2) is 16.5 Å². The zero-order valence-electron chi connectivity index (χ0n) is 12.8. The zero-order valence-corrected chi connectivity index (χ0v) is 12.8. The van der Waals surface area contributed by atoms with Gasteiger partial charge in [-0.15, -0.1) is 0 Å². The molecule has 1 aliphatic rings. The van der Waals surface area contributed by atoms with Crippen LogP contribution in [0.15, 0.2) is 59.4 Å². The Hall–Kier alpha value is -2.95. The van der Waals surface area contributed by atoms with E-state index in [4.69, 9.17) is 0 Å². The summed E-state index contributed by atoms with van der Waals surface area (Å²) >= 11 is 0. The van der Waals surface area contributed by atoms with E-state index in [0.717, 1.165) is 12.8 Å². The van der Waals surface area contributed by atoms with E-state index in [9.17, 15) is 14.0 Å². The molecule has 4 nitrogen and oxygen atoms in total. The first-order chi connectivity index (χ1) is 11.6. The van der Waals surface area contributed by atoms with E-state index in [2.05, 4.69) is 5.32 Å². The van der Waals surface area contributed by atoms with Gasteiger partial charge in [0.1, 0.15) is 11.5 Å². The van der Waals surface area contributed by atoms with Crippen molar-refractivity contribution in [2.45, 2.75) is 18.9 Å². The van der Waals surface area contributed by atoms with Crippen molar-refractivity contribution in [2.75, 3.05) is 0 Å². The van der Waals surface area contributed by atoms with Crippen molar-refractivity contribution in [3.8, 4) is 5.69 Å². The first kappa shape index (κ1) is 14.6. The topological polar surface area (TPSA) is 51.1 Å². The molecule has 0 radical (unpaired) electrons. The quantitative estimate of drug-likeness (QED) is 0.806. The highest BCUT2D eigenvalue weighted by molar-refractivity contribution is 5.97. The molecule has 0 saturated heterocycles. The molecule has 120 valence electrons. The number of pyridine rings is 1. The molecule has 1 aliphatic carbocycles. The molecule has 2 aromatic carbocycles. The van der Waals surface area contributed by atoms with Crippen LogP contribution in [0.5, 0.6) is 0 Å². The number of nitrogens with zero attached hydrogens (tertiary/aromatic N) is 1. The SMILES string of the molecule is O=C(NC1CC1)c1cc2ccccc2c(=O)n1-c1ccc(F)cc1. The van der Waals surface area contributed by atoms with Crippen molar-refractivity contribution in [2.24, 2.45) is 0 Å². The lowest BCUT2D eigenvalue weighted by Gasteiger charge is -2.14. The highest BCUT2D eigenvalue weighted by atomic mass is 19.1. The van der Waals surface area contributed by atoms with Crippen LogP contribution >= 0.6 is 0 Å². The van der Waals surface area contributed by atoms with E-state index >= 15 is 0 Å². The molecule has 5 heteroatoms. The van der Waals surface area contributed by atoms with Crippen LogP contribution in [0.1, 0.15) is 23.3 Å². The summed E-state index contributed by atoms with van der Waals surface area (Å²) < 4.78 is 14.6. The number of hydrogen-bond donors (Lipinski definition) is 1. The number of halogens is 1. The Balaban J connectivity index is 1.96. The van der Waals surface area contributed by atoms with E-state index in [0.29, 0.717) is 16.5 Å². The van der Waals surface area contributed by atoms with Gasteiger partial charge in [0.15, 0.2) is 0 Å². The highest BCUT2D eigenvalue weighted by Crippen LogP contribution is 2.21. The predicted octanol–water partition coefficient (Wildman–Crippen LogP) is 3.02. The number of amides is 1. The van der Waals surface area contributed by atoms with E-state index in [1.54, 1.807) is 24.3 Å². The normalized spacial score (nSPS) is 13.9. The first-order valence-electron chi connectivity index (χ1n) is 7.85. The predicted molar refractivity (Wildman–Crippen MR) is 90.0 cm³/mol. The van der Waals surface area contributed by atoms with Crippen LogP contribution in [-0.2, 0) is 0 Å². The zero-order chi connectivity index (χ0) is 16.7. The lowest BCUT2D eigenvalue weighted by Crippen LogP contribution is -2.32. The molecule has 1 saturated carbocycles. The Morgan fingerprint density at radius 2 is 1.79 bits per heavy atom. The van der Waals surface area contributed by atoms with Crippen molar-refractivity contribution in [3.63, 3.8) is 0 Å². The van der Waals surface area contributed by atoms with Crippen molar-refractivity contribution in [1.29, 1.82) is 0 Å². The molecular weight excluding hydrogens is 307 g/mol. The number of hydrogen-bond acceptors (Lipinski definition) is 2. The van der Waals surface area contributed by atoms with Gasteiger partial charge in [0, 0.05) is 17.1 Å². The van der Waals surface area contributed by atoms with Crippen LogP contribution in [0, 0.1) is 5.82 Å². The largest absolute Gasteiger partial charge is 0.348 e.